The number of carbonyl (C=O) groups excluding carboxylic acids is 1. The van der Waals surface area contributed by atoms with Gasteiger partial charge in [-0.2, -0.15) is 0 Å². The monoisotopic (exact) mass is 329 g/mol. The maximum Gasteiger partial charge on any atom is 0.227 e. The lowest BCUT2D eigenvalue weighted by atomic mass is 9.94. The van der Waals surface area contributed by atoms with Crippen LogP contribution in [0.1, 0.15) is 18.5 Å². The Morgan fingerprint density at radius 3 is 2.39 bits per heavy atom. The quantitative estimate of drug-likeness (QED) is 0.938. The molecular formula is C18H23N3OS. The van der Waals surface area contributed by atoms with Gasteiger partial charge in [0.2, 0.25) is 5.91 Å². The van der Waals surface area contributed by atoms with Gasteiger partial charge in [0.05, 0.1) is 10.9 Å². The van der Waals surface area contributed by atoms with Crippen molar-refractivity contribution in [3.8, 4) is 0 Å². The van der Waals surface area contributed by atoms with Crippen LogP contribution in [0.2, 0.25) is 0 Å². The molecule has 0 radical (unpaired) electrons. The van der Waals surface area contributed by atoms with E-state index in [1.54, 1.807) is 11.3 Å². The highest BCUT2D eigenvalue weighted by atomic mass is 32.1. The molecule has 1 fully saturated rings. The number of nitrogens with zero attached hydrogens (tertiary/aromatic N) is 2. The van der Waals surface area contributed by atoms with Gasteiger partial charge >= 0.3 is 0 Å². The molecule has 2 unspecified atom stereocenters. The van der Waals surface area contributed by atoms with Gasteiger partial charge in [0, 0.05) is 32.2 Å². The fraction of sp³-hybridized carbons (Fsp3) is 0.389. The molecule has 1 amide bonds. The molecule has 1 aromatic carbocycles. The van der Waals surface area contributed by atoms with Crippen LogP contribution >= 0.6 is 11.3 Å². The van der Waals surface area contributed by atoms with Crippen LogP contribution in [0.4, 0.5) is 5.00 Å². The minimum absolute atomic E-state index is 0.159. The Morgan fingerprint density at radius 2 is 1.78 bits per heavy atom. The van der Waals surface area contributed by atoms with E-state index in [0.29, 0.717) is 0 Å². The average molecular weight is 329 g/mol. The lowest BCUT2D eigenvalue weighted by Gasteiger charge is -2.37. The third-order valence-electron chi connectivity index (χ3n) is 4.52. The fourth-order valence-corrected chi connectivity index (χ4v) is 3.79. The minimum Gasteiger partial charge on any atom is -0.360 e. The van der Waals surface area contributed by atoms with Crippen molar-refractivity contribution >= 4 is 22.2 Å². The molecule has 0 saturated carbocycles. The summed E-state index contributed by atoms with van der Waals surface area (Å²) in [5.74, 6) is -0.0436. The zero-order valence-corrected chi connectivity index (χ0v) is 14.2. The number of piperazine rings is 1. The van der Waals surface area contributed by atoms with E-state index in [1.165, 1.54) is 5.00 Å². The van der Waals surface area contributed by atoms with Gasteiger partial charge in [0.15, 0.2) is 0 Å². The fourth-order valence-electron chi connectivity index (χ4n) is 3.00. The highest BCUT2D eigenvalue weighted by Gasteiger charge is 2.29. The van der Waals surface area contributed by atoms with Crippen molar-refractivity contribution in [2.45, 2.75) is 13.0 Å². The predicted molar refractivity (Wildman–Crippen MR) is 95.6 cm³/mol. The molecule has 2 aromatic rings. The van der Waals surface area contributed by atoms with Gasteiger partial charge in [0.25, 0.3) is 0 Å². The zero-order chi connectivity index (χ0) is 16.2. The van der Waals surface area contributed by atoms with E-state index >= 15 is 0 Å². The summed E-state index contributed by atoms with van der Waals surface area (Å²) >= 11 is 1.75. The Bertz CT molecular complexity index is 621. The number of hydrogen-bond donors (Lipinski definition) is 1. The lowest BCUT2D eigenvalue weighted by Crippen LogP contribution is -2.51. The van der Waals surface area contributed by atoms with Gasteiger partial charge in [-0.3, -0.25) is 4.79 Å². The zero-order valence-electron chi connectivity index (χ0n) is 13.4. The number of thiophene rings is 1. The van der Waals surface area contributed by atoms with Crippen LogP contribution in [0.3, 0.4) is 0 Å². The van der Waals surface area contributed by atoms with Crippen LogP contribution in [-0.4, -0.2) is 37.0 Å². The second kappa shape index (κ2) is 7.15. The predicted octanol–water partition coefficient (Wildman–Crippen LogP) is 2.73. The first-order valence-corrected chi connectivity index (χ1v) is 8.92. The van der Waals surface area contributed by atoms with Crippen molar-refractivity contribution in [1.29, 1.82) is 0 Å². The highest BCUT2D eigenvalue weighted by Crippen LogP contribution is 2.25. The lowest BCUT2D eigenvalue weighted by molar-refractivity contribution is -0.136. The second-order valence-electron chi connectivity index (χ2n) is 5.99. The summed E-state index contributed by atoms with van der Waals surface area (Å²) in [6, 6.07) is 13.8. The molecule has 2 atom stereocenters. The Labute approximate surface area is 141 Å². The summed E-state index contributed by atoms with van der Waals surface area (Å²) in [4.78, 5) is 17.0. The molecule has 1 aromatic heterocycles. The number of hydrogen-bond acceptors (Lipinski definition) is 4. The molecule has 1 saturated heterocycles. The van der Waals surface area contributed by atoms with Gasteiger partial charge < -0.3 is 15.5 Å². The van der Waals surface area contributed by atoms with Crippen molar-refractivity contribution in [2.75, 3.05) is 31.1 Å². The van der Waals surface area contributed by atoms with Crippen LogP contribution in [0.15, 0.2) is 47.8 Å². The number of nitrogens with two attached hydrogens (primary N) is 1. The molecular weight excluding hydrogens is 306 g/mol. The summed E-state index contributed by atoms with van der Waals surface area (Å²) in [6.45, 7) is 5.25. The molecule has 1 aliphatic heterocycles. The van der Waals surface area contributed by atoms with Crippen molar-refractivity contribution in [3.05, 3.63) is 53.4 Å². The molecule has 4 nitrogen and oxygen atoms in total. The maximum absolute atomic E-state index is 12.7. The summed E-state index contributed by atoms with van der Waals surface area (Å²) in [6.07, 6.45) is 0. The number of anilines is 1. The van der Waals surface area contributed by atoms with E-state index in [0.717, 1.165) is 31.7 Å². The van der Waals surface area contributed by atoms with Crippen LogP contribution in [0.5, 0.6) is 0 Å². The standard InChI is InChI=1S/C18H23N3OS/c1-14(17(19)15-6-3-2-4-7-15)18(22)21-11-9-20(10-12-21)16-8-5-13-23-16/h2-8,13-14,17H,9-12,19H2,1H3. The Hall–Kier alpha value is -1.85. The molecule has 3 rings (SSSR count). The van der Waals surface area contributed by atoms with Crippen LogP contribution in [-0.2, 0) is 4.79 Å². The van der Waals surface area contributed by atoms with Crippen LogP contribution in [0, 0.1) is 5.92 Å². The van der Waals surface area contributed by atoms with Crippen LogP contribution < -0.4 is 10.6 Å². The third kappa shape index (κ3) is 3.57. The summed E-state index contributed by atoms with van der Waals surface area (Å²) < 4.78 is 0. The van der Waals surface area contributed by atoms with E-state index in [2.05, 4.69) is 22.4 Å². The molecule has 0 bridgehead atoms. The summed E-state index contributed by atoms with van der Waals surface area (Å²) in [7, 11) is 0. The third-order valence-corrected chi connectivity index (χ3v) is 5.45. The molecule has 122 valence electrons. The van der Waals surface area contributed by atoms with E-state index < -0.39 is 0 Å². The van der Waals surface area contributed by atoms with E-state index in [9.17, 15) is 4.79 Å². The maximum atomic E-state index is 12.7. The van der Waals surface area contributed by atoms with E-state index in [4.69, 9.17) is 5.73 Å². The highest BCUT2D eigenvalue weighted by molar-refractivity contribution is 7.14. The Balaban J connectivity index is 1.58. The van der Waals surface area contributed by atoms with Gasteiger partial charge in [-0.15, -0.1) is 11.3 Å². The van der Waals surface area contributed by atoms with Crippen molar-refractivity contribution < 1.29 is 4.79 Å². The first-order chi connectivity index (χ1) is 11.2. The van der Waals surface area contributed by atoms with Crippen molar-refractivity contribution in [1.82, 2.24) is 4.90 Å². The second-order valence-corrected chi connectivity index (χ2v) is 6.91. The largest absolute Gasteiger partial charge is 0.360 e. The number of benzene rings is 1. The average Bonchev–Trinajstić information content (AvgIpc) is 3.15. The molecule has 2 N–H and O–H groups in total. The summed E-state index contributed by atoms with van der Waals surface area (Å²) in [5.41, 5.74) is 7.31. The molecule has 5 heteroatoms. The summed E-state index contributed by atoms with van der Waals surface area (Å²) in [5, 5.41) is 3.37. The van der Waals surface area contributed by atoms with Gasteiger partial charge in [0.1, 0.15) is 0 Å². The SMILES string of the molecule is CC(C(=O)N1CCN(c2cccs2)CC1)C(N)c1ccccc1. The first kappa shape index (κ1) is 16.0. The molecule has 2 heterocycles. The molecule has 1 aliphatic rings. The Morgan fingerprint density at radius 1 is 1.09 bits per heavy atom. The molecule has 0 aliphatic carbocycles. The van der Waals surface area contributed by atoms with Crippen molar-refractivity contribution in [2.24, 2.45) is 11.7 Å². The molecule has 0 spiro atoms. The molecule has 23 heavy (non-hydrogen) atoms. The van der Waals surface area contributed by atoms with Crippen molar-refractivity contribution in [3.63, 3.8) is 0 Å². The van der Waals surface area contributed by atoms with Gasteiger partial charge in [-0.1, -0.05) is 37.3 Å². The van der Waals surface area contributed by atoms with Gasteiger partial charge in [-0.25, -0.2) is 0 Å². The minimum atomic E-state index is -0.251. The normalized spacial score (nSPS) is 17.8. The van der Waals surface area contributed by atoms with E-state index in [-0.39, 0.29) is 17.9 Å². The number of rotatable bonds is 4. The van der Waals surface area contributed by atoms with Crippen LogP contribution in [0.25, 0.3) is 0 Å². The number of carbonyl (C=O) groups is 1. The smallest absolute Gasteiger partial charge is 0.227 e. The topological polar surface area (TPSA) is 49.6 Å². The number of amides is 1. The van der Waals surface area contributed by atoms with Gasteiger partial charge in [-0.05, 0) is 23.1 Å². The van der Waals surface area contributed by atoms with E-state index in [1.807, 2.05) is 42.2 Å². The first-order valence-electron chi connectivity index (χ1n) is 8.04. The Kier molecular flexibility index (Phi) is 4.98.